The summed E-state index contributed by atoms with van der Waals surface area (Å²) in [5.74, 6) is 0.355. The number of hydrogen-bond donors (Lipinski definition) is 2. The van der Waals surface area contributed by atoms with E-state index in [0.29, 0.717) is 39.3 Å². The molecular weight excluding hydrogens is 398 g/mol. The standard InChI is InChI=1S/C22H15N5O4/c28-17-7-6-14(21(29)26-17)27-20-18-11(3-1-4-13(18)22(27)30)15(10-25-20)31-16-9-24-19-12(16)5-2-8-23-19/h1-5,8-10,14H,6-7H2,(H,23,24)(H,26,28,29). The van der Waals surface area contributed by atoms with Crippen LogP contribution in [0.15, 0.2) is 48.9 Å². The van der Waals surface area contributed by atoms with E-state index in [-0.39, 0.29) is 24.7 Å². The molecule has 1 aromatic carbocycles. The Labute approximate surface area is 175 Å². The molecule has 0 radical (unpaired) electrons. The van der Waals surface area contributed by atoms with Crippen LogP contribution in [0.2, 0.25) is 0 Å². The number of hydrogen-bond acceptors (Lipinski definition) is 6. The molecule has 0 bridgehead atoms. The van der Waals surface area contributed by atoms with Gasteiger partial charge in [-0.3, -0.25) is 24.6 Å². The number of H-pyrrole nitrogens is 1. The molecule has 5 heterocycles. The molecule has 152 valence electrons. The average Bonchev–Trinajstić information content (AvgIpc) is 3.31. The first-order valence-corrected chi connectivity index (χ1v) is 9.81. The second-order valence-corrected chi connectivity index (χ2v) is 7.47. The second-order valence-electron chi connectivity index (χ2n) is 7.47. The second kappa shape index (κ2) is 6.36. The lowest BCUT2D eigenvalue weighted by Crippen LogP contribution is -2.53. The van der Waals surface area contributed by atoms with Gasteiger partial charge < -0.3 is 9.72 Å². The SMILES string of the molecule is O=C1CCC(N2C(=O)c3cccc4c(Oc5c[nH]c6ncccc56)cnc2c34)C(=O)N1. The lowest BCUT2D eigenvalue weighted by molar-refractivity contribution is -0.134. The van der Waals surface area contributed by atoms with Crippen LogP contribution >= 0.6 is 0 Å². The molecule has 9 heteroatoms. The van der Waals surface area contributed by atoms with E-state index in [0.717, 1.165) is 5.39 Å². The Hall–Kier alpha value is -4.27. The monoisotopic (exact) mass is 413 g/mol. The van der Waals surface area contributed by atoms with Gasteiger partial charge in [0.25, 0.3) is 5.91 Å². The van der Waals surface area contributed by atoms with E-state index in [1.54, 1.807) is 30.7 Å². The summed E-state index contributed by atoms with van der Waals surface area (Å²) in [4.78, 5) is 50.3. The van der Waals surface area contributed by atoms with Gasteiger partial charge in [-0.15, -0.1) is 0 Å². The zero-order valence-electron chi connectivity index (χ0n) is 16.1. The van der Waals surface area contributed by atoms with Crippen LogP contribution in [0, 0.1) is 0 Å². The number of nitrogens with one attached hydrogen (secondary N) is 2. The van der Waals surface area contributed by atoms with Gasteiger partial charge in [0.1, 0.15) is 17.5 Å². The largest absolute Gasteiger partial charge is 0.453 e. The number of fused-ring (bicyclic) bond motifs is 1. The molecule has 2 aliphatic heterocycles. The molecule has 1 atom stereocenters. The normalized spacial score (nSPS) is 18.1. The van der Waals surface area contributed by atoms with Gasteiger partial charge in [-0.1, -0.05) is 12.1 Å². The Morgan fingerprint density at radius 1 is 1.03 bits per heavy atom. The predicted octanol–water partition coefficient (Wildman–Crippen LogP) is 2.67. The number of pyridine rings is 2. The highest BCUT2D eigenvalue weighted by Gasteiger charge is 2.42. The highest BCUT2D eigenvalue weighted by atomic mass is 16.5. The highest BCUT2D eigenvalue weighted by Crippen LogP contribution is 2.43. The Morgan fingerprint density at radius 2 is 1.90 bits per heavy atom. The van der Waals surface area contributed by atoms with E-state index in [4.69, 9.17) is 4.74 Å². The van der Waals surface area contributed by atoms with E-state index in [2.05, 4.69) is 20.3 Å². The number of amides is 3. The van der Waals surface area contributed by atoms with Crippen molar-refractivity contribution in [2.45, 2.75) is 18.9 Å². The number of nitrogens with zero attached hydrogens (tertiary/aromatic N) is 3. The number of imide groups is 1. The van der Waals surface area contributed by atoms with E-state index < -0.39 is 11.9 Å². The molecule has 3 aromatic heterocycles. The maximum Gasteiger partial charge on any atom is 0.260 e. The number of carbonyl (C=O) groups is 3. The first-order valence-electron chi connectivity index (χ1n) is 9.81. The maximum atomic E-state index is 13.2. The lowest BCUT2D eigenvalue weighted by Gasteiger charge is -2.29. The molecule has 2 N–H and O–H groups in total. The van der Waals surface area contributed by atoms with Gasteiger partial charge in [0.15, 0.2) is 11.5 Å². The minimum absolute atomic E-state index is 0.176. The van der Waals surface area contributed by atoms with Gasteiger partial charge in [0.05, 0.1) is 17.1 Å². The fourth-order valence-electron chi connectivity index (χ4n) is 4.27. The van der Waals surface area contributed by atoms with Gasteiger partial charge in [0.2, 0.25) is 11.8 Å². The fraction of sp³-hybridized carbons (Fsp3) is 0.136. The molecule has 9 nitrogen and oxygen atoms in total. The summed E-state index contributed by atoms with van der Waals surface area (Å²) >= 11 is 0. The lowest BCUT2D eigenvalue weighted by atomic mass is 10.0. The zero-order chi connectivity index (χ0) is 21.1. The van der Waals surface area contributed by atoms with Crippen molar-refractivity contribution in [1.82, 2.24) is 20.3 Å². The molecular formula is C22H15N5O4. The van der Waals surface area contributed by atoms with Crippen molar-refractivity contribution in [1.29, 1.82) is 0 Å². The molecule has 4 aromatic rings. The van der Waals surface area contributed by atoms with E-state index in [9.17, 15) is 14.4 Å². The van der Waals surface area contributed by atoms with Crippen molar-refractivity contribution in [2.24, 2.45) is 0 Å². The minimum Gasteiger partial charge on any atom is -0.453 e. The van der Waals surface area contributed by atoms with Crippen LogP contribution in [0.1, 0.15) is 23.2 Å². The van der Waals surface area contributed by atoms with Crippen LogP contribution in [0.5, 0.6) is 11.5 Å². The molecule has 2 aliphatic rings. The molecule has 0 saturated carbocycles. The van der Waals surface area contributed by atoms with Gasteiger partial charge in [0, 0.05) is 29.6 Å². The molecule has 1 saturated heterocycles. The summed E-state index contributed by atoms with van der Waals surface area (Å²) in [5.41, 5.74) is 1.16. The number of carbonyl (C=O) groups excluding carboxylic acids is 3. The third kappa shape index (κ3) is 2.53. The Bertz CT molecular complexity index is 1430. The molecule has 3 amide bonds. The van der Waals surface area contributed by atoms with Crippen LogP contribution in [0.3, 0.4) is 0 Å². The number of aromatic amines is 1. The molecule has 31 heavy (non-hydrogen) atoms. The van der Waals surface area contributed by atoms with Crippen LogP contribution < -0.4 is 15.0 Å². The summed E-state index contributed by atoms with van der Waals surface area (Å²) in [6, 6.07) is 8.28. The maximum absolute atomic E-state index is 13.2. The van der Waals surface area contributed by atoms with Crippen LogP contribution in [-0.4, -0.2) is 38.7 Å². The van der Waals surface area contributed by atoms with Crippen LogP contribution in [0.4, 0.5) is 5.82 Å². The van der Waals surface area contributed by atoms with Crippen molar-refractivity contribution in [3.8, 4) is 11.5 Å². The quantitative estimate of drug-likeness (QED) is 0.499. The number of benzene rings is 1. The van der Waals surface area contributed by atoms with Crippen molar-refractivity contribution < 1.29 is 19.1 Å². The van der Waals surface area contributed by atoms with E-state index in [1.807, 2.05) is 18.2 Å². The first kappa shape index (κ1) is 17.6. The molecule has 0 spiro atoms. The van der Waals surface area contributed by atoms with Gasteiger partial charge in [-0.05, 0) is 24.6 Å². The summed E-state index contributed by atoms with van der Waals surface area (Å²) in [6.07, 6.45) is 5.40. The Morgan fingerprint density at radius 3 is 2.77 bits per heavy atom. The third-order valence-corrected chi connectivity index (χ3v) is 5.69. The summed E-state index contributed by atoms with van der Waals surface area (Å²) in [5, 5.41) is 4.48. The third-order valence-electron chi connectivity index (χ3n) is 5.69. The number of piperidine rings is 1. The van der Waals surface area contributed by atoms with Gasteiger partial charge >= 0.3 is 0 Å². The molecule has 0 aliphatic carbocycles. The zero-order valence-corrected chi connectivity index (χ0v) is 16.1. The highest BCUT2D eigenvalue weighted by molar-refractivity contribution is 6.26. The van der Waals surface area contributed by atoms with Crippen molar-refractivity contribution in [3.05, 3.63) is 54.5 Å². The average molecular weight is 413 g/mol. The Kier molecular flexibility index (Phi) is 3.61. The van der Waals surface area contributed by atoms with Crippen molar-refractivity contribution in [3.63, 3.8) is 0 Å². The van der Waals surface area contributed by atoms with E-state index >= 15 is 0 Å². The summed E-state index contributed by atoms with van der Waals surface area (Å²) < 4.78 is 6.15. The van der Waals surface area contributed by atoms with Crippen LogP contribution in [-0.2, 0) is 9.59 Å². The van der Waals surface area contributed by atoms with Gasteiger partial charge in [-0.2, -0.15) is 0 Å². The number of ether oxygens (including phenoxy) is 1. The molecule has 1 unspecified atom stereocenters. The van der Waals surface area contributed by atoms with Crippen molar-refractivity contribution >= 4 is 45.3 Å². The van der Waals surface area contributed by atoms with Crippen molar-refractivity contribution in [2.75, 3.05) is 4.90 Å². The summed E-state index contributed by atoms with van der Waals surface area (Å²) in [7, 11) is 0. The molecule has 1 fully saturated rings. The smallest absolute Gasteiger partial charge is 0.260 e. The Balaban J connectivity index is 1.46. The predicted molar refractivity (Wildman–Crippen MR) is 111 cm³/mol. The number of aromatic nitrogens is 3. The molecule has 6 rings (SSSR count). The summed E-state index contributed by atoms with van der Waals surface area (Å²) in [6.45, 7) is 0. The first-order chi connectivity index (χ1) is 15.1. The topological polar surface area (TPSA) is 117 Å². The van der Waals surface area contributed by atoms with Gasteiger partial charge in [-0.25, -0.2) is 9.97 Å². The number of anilines is 1. The number of rotatable bonds is 3. The van der Waals surface area contributed by atoms with Crippen LogP contribution in [0.25, 0.3) is 21.8 Å². The van der Waals surface area contributed by atoms with E-state index in [1.165, 1.54) is 4.90 Å². The minimum atomic E-state index is -0.778. The fourth-order valence-corrected chi connectivity index (χ4v) is 4.27.